The molecule has 10 heteroatoms. The summed E-state index contributed by atoms with van der Waals surface area (Å²) < 4.78 is 10.8. The maximum Gasteiger partial charge on any atom is 0.319 e. The molecule has 2 aromatic rings. The summed E-state index contributed by atoms with van der Waals surface area (Å²) in [6.45, 7) is 1.14. The van der Waals surface area contributed by atoms with Crippen molar-refractivity contribution in [2.24, 2.45) is 5.92 Å². The van der Waals surface area contributed by atoms with Crippen LogP contribution < -0.4 is 10.1 Å². The van der Waals surface area contributed by atoms with E-state index in [9.17, 15) is 19.6 Å². The van der Waals surface area contributed by atoms with Gasteiger partial charge in [0.25, 0.3) is 0 Å². The number of nitrogens with zero attached hydrogens (tertiary/aromatic N) is 2. The number of methoxy groups -OCH3 is 2. The lowest BCUT2D eigenvalue weighted by atomic mass is 9.78. The molecule has 2 aliphatic heterocycles. The second-order valence-corrected chi connectivity index (χ2v) is 10.2. The lowest BCUT2D eigenvalue weighted by Gasteiger charge is -2.32. The molecule has 0 spiro atoms. The first-order valence-corrected chi connectivity index (χ1v) is 13.0. The summed E-state index contributed by atoms with van der Waals surface area (Å²) in [5.41, 5.74) is 3.13. The Morgan fingerprint density at radius 1 is 1.22 bits per heavy atom. The Bertz CT molecular complexity index is 1290. The Balaban J connectivity index is 1.61. The molecule has 0 saturated heterocycles. The fraction of sp³-hybridized carbons (Fsp3) is 0.308. The zero-order valence-electron chi connectivity index (χ0n) is 19.7. The summed E-state index contributed by atoms with van der Waals surface area (Å²) in [4.78, 5) is 40.4. The number of esters is 1. The van der Waals surface area contributed by atoms with Crippen molar-refractivity contribution in [2.75, 3.05) is 26.5 Å². The van der Waals surface area contributed by atoms with Gasteiger partial charge in [0, 0.05) is 19.0 Å². The van der Waals surface area contributed by atoms with Crippen LogP contribution >= 0.6 is 27.7 Å². The van der Waals surface area contributed by atoms with Crippen molar-refractivity contribution in [1.29, 1.82) is 5.26 Å². The highest BCUT2D eigenvalue weighted by Crippen LogP contribution is 2.42. The van der Waals surface area contributed by atoms with Gasteiger partial charge in [0.05, 0.1) is 41.1 Å². The van der Waals surface area contributed by atoms with Gasteiger partial charge in [-0.05, 0) is 51.2 Å². The Kier molecular flexibility index (Phi) is 8.01. The van der Waals surface area contributed by atoms with Crippen molar-refractivity contribution >= 4 is 45.5 Å². The average molecular weight is 570 g/mol. The first-order chi connectivity index (χ1) is 17.4. The van der Waals surface area contributed by atoms with E-state index in [1.165, 1.54) is 19.8 Å². The number of ether oxygens (including phenoxy) is 2. The zero-order chi connectivity index (χ0) is 25.8. The highest BCUT2D eigenvalue weighted by Gasteiger charge is 2.44. The van der Waals surface area contributed by atoms with Crippen LogP contribution in [0, 0.1) is 17.2 Å². The number of rotatable bonds is 6. The predicted octanol–water partition coefficient (Wildman–Crippen LogP) is 3.51. The molecule has 36 heavy (non-hydrogen) atoms. The van der Waals surface area contributed by atoms with Crippen molar-refractivity contribution in [2.45, 2.75) is 18.9 Å². The molecular formula is C26H24BrN3O5S. The van der Waals surface area contributed by atoms with Gasteiger partial charge in [0.2, 0.25) is 11.8 Å². The molecule has 0 fully saturated rings. The number of hydrogen-bond donors (Lipinski definition) is 1. The number of allylic oxidation sites excluding steroid dienone is 1. The third kappa shape index (κ3) is 5.13. The third-order valence-electron chi connectivity index (χ3n) is 6.34. The Morgan fingerprint density at radius 3 is 2.64 bits per heavy atom. The lowest BCUT2D eigenvalue weighted by Crippen LogP contribution is -2.44. The first-order valence-electron chi connectivity index (χ1n) is 11.2. The van der Waals surface area contributed by atoms with Crippen LogP contribution in [0.5, 0.6) is 5.75 Å². The molecule has 0 aromatic heterocycles. The normalized spacial score (nSPS) is 19.2. The SMILES string of the molecule is COC(=O)[C@@H]1C(=O)NC(SCC(=O)N2CCc3ccccc3C2)=C(C#N)[C@H]1c1ccc(OC)c(Br)c1. The van der Waals surface area contributed by atoms with E-state index in [4.69, 9.17) is 9.47 Å². The molecular weight excluding hydrogens is 546 g/mol. The van der Waals surface area contributed by atoms with Crippen LogP contribution in [0.25, 0.3) is 0 Å². The monoisotopic (exact) mass is 569 g/mol. The highest BCUT2D eigenvalue weighted by molar-refractivity contribution is 9.10. The van der Waals surface area contributed by atoms with Crippen LogP contribution in [0.4, 0.5) is 0 Å². The minimum Gasteiger partial charge on any atom is -0.496 e. The van der Waals surface area contributed by atoms with E-state index >= 15 is 0 Å². The lowest BCUT2D eigenvalue weighted by molar-refractivity contribution is -0.150. The number of nitrogens with one attached hydrogen (secondary N) is 1. The fourth-order valence-electron chi connectivity index (χ4n) is 4.49. The van der Waals surface area contributed by atoms with Crippen LogP contribution in [0.1, 0.15) is 22.6 Å². The standard InChI is InChI=1S/C26H24BrN3O5S/c1-34-20-8-7-16(11-19(20)27)22-18(12-28)25(29-24(32)23(22)26(33)35-2)36-14-21(31)30-10-9-15-5-3-4-6-17(15)13-30/h3-8,11,22-23H,9-10,13-14H2,1-2H3,(H,29,32)/t22-,23+/m1/s1. The zero-order valence-corrected chi connectivity index (χ0v) is 22.1. The summed E-state index contributed by atoms with van der Waals surface area (Å²) in [6.07, 6.45) is 0.782. The van der Waals surface area contributed by atoms with E-state index in [1.54, 1.807) is 23.1 Å². The molecule has 0 saturated carbocycles. The molecule has 2 atom stereocenters. The molecule has 0 unspecified atom stereocenters. The summed E-state index contributed by atoms with van der Waals surface area (Å²) in [6, 6.07) is 15.3. The van der Waals surface area contributed by atoms with Gasteiger partial charge in [0.15, 0.2) is 0 Å². The van der Waals surface area contributed by atoms with Gasteiger partial charge in [-0.25, -0.2) is 0 Å². The molecule has 0 aliphatic carbocycles. The van der Waals surface area contributed by atoms with Crippen molar-refractivity contribution in [3.05, 3.63) is 74.2 Å². The Labute approximate surface area is 221 Å². The fourth-order valence-corrected chi connectivity index (χ4v) is 6.00. The molecule has 8 nitrogen and oxygen atoms in total. The summed E-state index contributed by atoms with van der Waals surface area (Å²) in [5.74, 6) is -2.93. The van der Waals surface area contributed by atoms with Gasteiger partial charge in [-0.3, -0.25) is 14.4 Å². The minimum atomic E-state index is -1.25. The van der Waals surface area contributed by atoms with E-state index in [-0.39, 0.29) is 22.3 Å². The number of carbonyl (C=O) groups is 3. The van der Waals surface area contributed by atoms with E-state index in [0.29, 0.717) is 28.9 Å². The number of benzene rings is 2. The average Bonchev–Trinajstić information content (AvgIpc) is 2.90. The maximum absolute atomic E-state index is 13.0. The van der Waals surface area contributed by atoms with Gasteiger partial charge in [-0.1, -0.05) is 42.1 Å². The van der Waals surface area contributed by atoms with Crippen LogP contribution in [0.2, 0.25) is 0 Å². The van der Waals surface area contributed by atoms with E-state index in [0.717, 1.165) is 23.7 Å². The minimum absolute atomic E-state index is 0.0465. The van der Waals surface area contributed by atoms with Gasteiger partial charge in [-0.2, -0.15) is 5.26 Å². The van der Waals surface area contributed by atoms with E-state index < -0.39 is 23.7 Å². The summed E-state index contributed by atoms with van der Waals surface area (Å²) in [5, 5.41) is 13.0. The van der Waals surface area contributed by atoms with Crippen LogP contribution in [0.15, 0.2) is 57.5 Å². The Hall–Kier alpha value is -3.29. The largest absolute Gasteiger partial charge is 0.496 e. The molecule has 1 N–H and O–H groups in total. The van der Waals surface area contributed by atoms with Crippen LogP contribution in [-0.4, -0.2) is 49.2 Å². The van der Waals surface area contributed by atoms with Crippen LogP contribution in [0.3, 0.4) is 0 Å². The second kappa shape index (κ2) is 11.2. The van der Waals surface area contributed by atoms with E-state index in [2.05, 4.69) is 33.4 Å². The van der Waals surface area contributed by atoms with Crippen LogP contribution in [-0.2, 0) is 32.1 Å². The summed E-state index contributed by atoms with van der Waals surface area (Å²) >= 11 is 4.52. The van der Waals surface area contributed by atoms with Gasteiger partial charge in [0.1, 0.15) is 11.7 Å². The number of amides is 2. The van der Waals surface area contributed by atoms with Crippen molar-refractivity contribution in [3.63, 3.8) is 0 Å². The third-order valence-corrected chi connectivity index (χ3v) is 7.96. The van der Waals surface area contributed by atoms with Gasteiger partial charge < -0.3 is 19.7 Å². The molecule has 2 amide bonds. The number of nitriles is 1. The number of carbonyl (C=O) groups excluding carboxylic acids is 3. The quantitative estimate of drug-likeness (QED) is 0.418. The van der Waals surface area contributed by atoms with Crippen molar-refractivity contribution in [3.8, 4) is 11.8 Å². The van der Waals surface area contributed by atoms with Gasteiger partial charge in [-0.15, -0.1) is 0 Å². The number of halogens is 1. The second-order valence-electron chi connectivity index (χ2n) is 8.34. The van der Waals surface area contributed by atoms with Gasteiger partial charge >= 0.3 is 5.97 Å². The topological polar surface area (TPSA) is 109 Å². The number of thioether (sulfide) groups is 1. The summed E-state index contributed by atoms with van der Waals surface area (Å²) in [7, 11) is 2.73. The molecule has 2 aromatic carbocycles. The molecule has 2 aliphatic rings. The molecule has 0 radical (unpaired) electrons. The smallest absolute Gasteiger partial charge is 0.319 e. The number of hydrogen-bond acceptors (Lipinski definition) is 7. The first kappa shape index (κ1) is 25.8. The van der Waals surface area contributed by atoms with E-state index in [1.807, 2.05) is 18.2 Å². The van der Waals surface area contributed by atoms with Crippen molar-refractivity contribution < 1.29 is 23.9 Å². The molecule has 4 rings (SSSR count). The Morgan fingerprint density at radius 2 is 1.97 bits per heavy atom. The number of fused-ring (bicyclic) bond motifs is 1. The van der Waals surface area contributed by atoms with Crippen molar-refractivity contribution in [1.82, 2.24) is 10.2 Å². The molecule has 0 bridgehead atoms. The predicted molar refractivity (Wildman–Crippen MR) is 138 cm³/mol. The maximum atomic E-state index is 13.0. The molecule has 186 valence electrons. The molecule has 2 heterocycles. The highest BCUT2D eigenvalue weighted by atomic mass is 79.9.